The molecule has 1 aliphatic heterocycles. The number of rotatable bonds is 5. The molecule has 1 heterocycles. The van der Waals surface area contributed by atoms with Crippen molar-refractivity contribution in [1.29, 1.82) is 0 Å². The van der Waals surface area contributed by atoms with E-state index in [0.717, 1.165) is 5.56 Å². The van der Waals surface area contributed by atoms with Gasteiger partial charge >= 0.3 is 5.97 Å². The van der Waals surface area contributed by atoms with Gasteiger partial charge in [-0.05, 0) is 36.8 Å². The molecule has 25 heavy (non-hydrogen) atoms. The van der Waals surface area contributed by atoms with Crippen molar-refractivity contribution in [2.24, 2.45) is 0 Å². The number of hydrogen-bond donors (Lipinski definition) is 2. The maximum absolute atomic E-state index is 12.1. The van der Waals surface area contributed by atoms with Crippen molar-refractivity contribution in [1.82, 2.24) is 5.32 Å². The lowest BCUT2D eigenvalue weighted by atomic mass is 10.2. The van der Waals surface area contributed by atoms with E-state index >= 15 is 0 Å². The van der Waals surface area contributed by atoms with Crippen LogP contribution in [0, 0.1) is 0 Å². The summed E-state index contributed by atoms with van der Waals surface area (Å²) in [5.41, 5.74) is 0.842. The number of phenolic OH excluding ortho intramolecular Hbond substituents is 1. The number of phenols is 1. The molecule has 7 heteroatoms. The third-order valence-electron chi connectivity index (χ3n) is 3.68. The zero-order chi connectivity index (χ0) is 17.8. The minimum absolute atomic E-state index is 0.0120. The number of fused-ring (bicyclic) bond motifs is 1. The lowest BCUT2D eigenvalue weighted by Crippen LogP contribution is -2.35. The zero-order valence-electron chi connectivity index (χ0n) is 13.5. The van der Waals surface area contributed by atoms with Gasteiger partial charge < -0.3 is 24.6 Å². The van der Waals surface area contributed by atoms with Crippen LogP contribution < -0.4 is 14.8 Å². The van der Waals surface area contributed by atoms with Gasteiger partial charge in [0.05, 0.1) is 0 Å². The molecule has 1 aliphatic rings. The molecule has 2 N–H and O–H groups in total. The second-order valence-corrected chi connectivity index (χ2v) is 5.47. The number of ether oxygens (including phenoxy) is 3. The maximum atomic E-state index is 12.1. The summed E-state index contributed by atoms with van der Waals surface area (Å²) < 4.78 is 15.6. The fourth-order valence-corrected chi connectivity index (χ4v) is 2.31. The average molecular weight is 343 g/mol. The third kappa shape index (κ3) is 3.82. The van der Waals surface area contributed by atoms with Gasteiger partial charge in [-0.25, -0.2) is 4.79 Å². The number of benzene rings is 2. The van der Waals surface area contributed by atoms with Gasteiger partial charge in [0.25, 0.3) is 5.91 Å². The molecule has 3 rings (SSSR count). The summed E-state index contributed by atoms with van der Waals surface area (Å²) in [5.74, 6) is -0.100. The smallest absolute Gasteiger partial charge is 0.342 e. The molecule has 130 valence electrons. The van der Waals surface area contributed by atoms with Crippen LogP contribution in [0.2, 0.25) is 0 Å². The predicted molar refractivity (Wildman–Crippen MR) is 87.4 cm³/mol. The van der Waals surface area contributed by atoms with Crippen LogP contribution in [-0.2, 0) is 16.1 Å². The summed E-state index contributed by atoms with van der Waals surface area (Å²) in [6.45, 7) is 1.91. The Hall–Kier alpha value is -3.22. The average Bonchev–Trinajstić information content (AvgIpc) is 3.07. The highest BCUT2D eigenvalue weighted by molar-refractivity contribution is 5.94. The van der Waals surface area contributed by atoms with E-state index in [1.807, 2.05) is 6.07 Å². The van der Waals surface area contributed by atoms with E-state index in [9.17, 15) is 14.7 Å². The molecule has 0 radical (unpaired) electrons. The van der Waals surface area contributed by atoms with Crippen molar-refractivity contribution in [2.45, 2.75) is 19.6 Å². The molecule has 0 fully saturated rings. The topological polar surface area (TPSA) is 94.1 Å². The van der Waals surface area contributed by atoms with E-state index < -0.39 is 18.0 Å². The van der Waals surface area contributed by atoms with Crippen molar-refractivity contribution in [2.75, 3.05) is 6.79 Å². The first-order chi connectivity index (χ1) is 12.0. The van der Waals surface area contributed by atoms with Crippen molar-refractivity contribution < 1.29 is 28.9 Å². The molecule has 7 nitrogen and oxygen atoms in total. The molecule has 0 aromatic heterocycles. The second kappa shape index (κ2) is 7.12. The molecule has 0 saturated heterocycles. The molecular formula is C18H17NO6. The Morgan fingerprint density at radius 1 is 1.20 bits per heavy atom. The van der Waals surface area contributed by atoms with Crippen molar-refractivity contribution in [3.8, 4) is 17.2 Å². The van der Waals surface area contributed by atoms with Crippen LogP contribution in [-0.4, -0.2) is 29.9 Å². The Bertz CT molecular complexity index is 804. The van der Waals surface area contributed by atoms with Gasteiger partial charge in [-0.2, -0.15) is 0 Å². The lowest BCUT2D eigenvalue weighted by Gasteiger charge is -2.14. The van der Waals surface area contributed by atoms with Crippen molar-refractivity contribution in [3.05, 3.63) is 53.6 Å². The van der Waals surface area contributed by atoms with Gasteiger partial charge in [-0.3, -0.25) is 4.79 Å². The molecule has 0 aliphatic carbocycles. The highest BCUT2D eigenvalue weighted by Gasteiger charge is 2.21. The van der Waals surface area contributed by atoms with E-state index in [2.05, 4.69) is 5.32 Å². The van der Waals surface area contributed by atoms with Crippen LogP contribution in [0.4, 0.5) is 0 Å². The summed E-state index contributed by atoms with van der Waals surface area (Å²) in [6.07, 6.45) is -0.999. The number of nitrogens with one attached hydrogen (secondary N) is 1. The van der Waals surface area contributed by atoms with Crippen molar-refractivity contribution in [3.63, 3.8) is 0 Å². The summed E-state index contributed by atoms with van der Waals surface area (Å²) in [6, 6.07) is 11.4. The number of carbonyl (C=O) groups is 2. The summed E-state index contributed by atoms with van der Waals surface area (Å²) in [7, 11) is 0. The quantitative estimate of drug-likeness (QED) is 0.806. The minimum atomic E-state index is -0.999. The first-order valence-electron chi connectivity index (χ1n) is 7.70. The van der Waals surface area contributed by atoms with Crippen LogP contribution in [0.15, 0.2) is 42.5 Å². The molecular weight excluding hydrogens is 326 g/mol. The molecule has 1 atom stereocenters. The molecule has 0 unspecified atom stereocenters. The second-order valence-electron chi connectivity index (χ2n) is 5.47. The number of para-hydroxylation sites is 1. The number of esters is 1. The predicted octanol–water partition coefficient (Wildman–Crippen LogP) is 1.98. The first-order valence-corrected chi connectivity index (χ1v) is 7.70. The van der Waals surface area contributed by atoms with Crippen LogP contribution in [0.3, 0.4) is 0 Å². The number of amides is 1. The van der Waals surface area contributed by atoms with E-state index in [1.54, 1.807) is 24.3 Å². The number of carbonyl (C=O) groups excluding carboxylic acids is 2. The molecule has 2 aromatic rings. The van der Waals surface area contributed by atoms with Crippen molar-refractivity contribution >= 4 is 11.9 Å². The van der Waals surface area contributed by atoms with Gasteiger partial charge in [-0.1, -0.05) is 18.2 Å². The van der Waals surface area contributed by atoms with E-state index in [-0.39, 0.29) is 24.7 Å². The standard InChI is InChI=1S/C18H17NO6/c1-11(25-18(22)13-4-2-3-5-14(13)20)17(21)19-9-12-6-7-15-16(8-12)24-10-23-15/h2-8,11,20H,9-10H2,1H3,(H,19,21)/t11-/m1/s1. The van der Waals surface area contributed by atoms with Crippen LogP contribution in [0.25, 0.3) is 0 Å². The normalized spacial score (nSPS) is 13.2. The monoisotopic (exact) mass is 343 g/mol. The Morgan fingerprint density at radius 3 is 2.76 bits per heavy atom. The first kappa shape index (κ1) is 16.6. The van der Waals surface area contributed by atoms with Crippen LogP contribution >= 0.6 is 0 Å². The van der Waals surface area contributed by atoms with E-state index in [0.29, 0.717) is 11.5 Å². The van der Waals surface area contributed by atoms with Gasteiger partial charge in [-0.15, -0.1) is 0 Å². The fraction of sp³-hybridized carbons (Fsp3) is 0.222. The Kier molecular flexibility index (Phi) is 4.74. The Balaban J connectivity index is 1.54. The molecule has 0 bridgehead atoms. The van der Waals surface area contributed by atoms with Gasteiger partial charge in [0.2, 0.25) is 6.79 Å². The lowest BCUT2D eigenvalue weighted by molar-refractivity contribution is -0.129. The highest BCUT2D eigenvalue weighted by Crippen LogP contribution is 2.32. The molecule has 0 saturated carbocycles. The Labute approximate surface area is 144 Å². The van der Waals surface area contributed by atoms with E-state index in [4.69, 9.17) is 14.2 Å². The third-order valence-corrected chi connectivity index (χ3v) is 3.68. The summed E-state index contributed by atoms with van der Waals surface area (Å²) in [5, 5.41) is 12.3. The van der Waals surface area contributed by atoms with E-state index in [1.165, 1.54) is 19.1 Å². The number of hydrogen-bond acceptors (Lipinski definition) is 6. The maximum Gasteiger partial charge on any atom is 0.342 e. The molecule has 1 amide bonds. The van der Waals surface area contributed by atoms with Crippen LogP contribution in [0.1, 0.15) is 22.8 Å². The van der Waals surface area contributed by atoms with Crippen LogP contribution in [0.5, 0.6) is 17.2 Å². The molecule has 0 spiro atoms. The minimum Gasteiger partial charge on any atom is -0.507 e. The SMILES string of the molecule is C[C@@H](OC(=O)c1ccccc1O)C(=O)NCc1ccc2c(c1)OCO2. The Morgan fingerprint density at radius 2 is 1.96 bits per heavy atom. The largest absolute Gasteiger partial charge is 0.507 e. The fourth-order valence-electron chi connectivity index (χ4n) is 2.31. The zero-order valence-corrected chi connectivity index (χ0v) is 13.5. The van der Waals surface area contributed by atoms with Gasteiger partial charge in [0.1, 0.15) is 11.3 Å². The molecule has 2 aromatic carbocycles. The highest BCUT2D eigenvalue weighted by atomic mass is 16.7. The van der Waals surface area contributed by atoms with Gasteiger partial charge in [0, 0.05) is 6.54 Å². The summed E-state index contributed by atoms with van der Waals surface area (Å²) >= 11 is 0. The van der Waals surface area contributed by atoms with Gasteiger partial charge in [0.15, 0.2) is 17.6 Å². The summed E-state index contributed by atoms with van der Waals surface area (Å²) in [4.78, 5) is 24.1. The number of aromatic hydroxyl groups is 1.